The van der Waals surface area contributed by atoms with Crippen molar-refractivity contribution in [2.45, 2.75) is 0 Å². The fourth-order valence-corrected chi connectivity index (χ4v) is 2.20. The molecule has 23 heavy (non-hydrogen) atoms. The number of nitro groups is 2. The summed E-state index contributed by atoms with van der Waals surface area (Å²) in [5.41, 5.74) is 0.222. The molecule has 118 valence electrons. The fraction of sp³-hybridized carbons (Fsp3) is 0.125. The molecule has 0 N–H and O–H groups in total. The third-order valence-electron chi connectivity index (χ3n) is 3.26. The van der Waals surface area contributed by atoms with Crippen LogP contribution >= 0.6 is 0 Å². The zero-order chi connectivity index (χ0) is 17.0. The topological polar surface area (TPSA) is 89.5 Å². The second-order valence-corrected chi connectivity index (χ2v) is 5.02. The lowest BCUT2D eigenvalue weighted by atomic mass is 10.1. The Balaban J connectivity index is 2.60. The van der Waals surface area contributed by atoms with Gasteiger partial charge in [-0.25, -0.2) is 0 Å². The van der Waals surface area contributed by atoms with Crippen molar-refractivity contribution < 1.29 is 9.85 Å². The molecule has 0 saturated heterocycles. The Labute approximate surface area is 132 Å². The first-order valence-corrected chi connectivity index (χ1v) is 6.78. The molecule has 2 aromatic rings. The van der Waals surface area contributed by atoms with Crippen LogP contribution in [0.15, 0.2) is 42.5 Å². The Morgan fingerprint density at radius 3 is 2.00 bits per heavy atom. The number of rotatable bonds is 5. The zero-order valence-electron chi connectivity index (χ0n) is 12.7. The fourth-order valence-electron chi connectivity index (χ4n) is 2.20. The maximum atomic E-state index is 11.4. The lowest BCUT2D eigenvalue weighted by Crippen LogP contribution is -2.12. The van der Waals surface area contributed by atoms with E-state index in [1.165, 1.54) is 23.1 Å². The van der Waals surface area contributed by atoms with Gasteiger partial charge >= 0.3 is 11.4 Å². The number of anilines is 1. The molecule has 0 saturated carbocycles. The maximum absolute atomic E-state index is 11.4. The summed E-state index contributed by atoms with van der Waals surface area (Å²) in [6, 6.07) is 12.2. The van der Waals surface area contributed by atoms with E-state index < -0.39 is 21.2 Å². The summed E-state index contributed by atoms with van der Waals surface area (Å²) in [6.07, 6.45) is 3.20. The number of nitro benzene ring substituents is 2. The number of benzene rings is 2. The van der Waals surface area contributed by atoms with E-state index in [0.29, 0.717) is 0 Å². The molecule has 0 atom stereocenters. The summed E-state index contributed by atoms with van der Waals surface area (Å²) >= 11 is 0. The molecule has 0 bridgehead atoms. The predicted molar refractivity (Wildman–Crippen MR) is 89.4 cm³/mol. The molecule has 0 amide bonds. The van der Waals surface area contributed by atoms with Gasteiger partial charge in [-0.05, 0) is 23.8 Å². The predicted octanol–water partition coefficient (Wildman–Crippen LogP) is 3.74. The van der Waals surface area contributed by atoms with Crippen LogP contribution < -0.4 is 4.90 Å². The molecule has 0 unspecified atom stereocenters. The average Bonchev–Trinajstić information content (AvgIpc) is 2.52. The Bertz CT molecular complexity index is 770. The SMILES string of the molecule is CN(C)c1ccc(C=Cc2ccccc2)c([N+](=O)[O-])c1[N+](=O)[O-]. The van der Waals surface area contributed by atoms with E-state index in [2.05, 4.69) is 0 Å². The number of hydrogen-bond acceptors (Lipinski definition) is 5. The van der Waals surface area contributed by atoms with Crippen LogP contribution in [0.2, 0.25) is 0 Å². The number of hydrogen-bond donors (Lipinski definition) is 0. The average molecular weight is 313 g/mol. The highest BCUT2D eigenvalue weighted by molar-refractivity contribution is 5.83. The minimum atomic E-state index is -0.715. The molecular weight excluding hydrogens is 298 g/mol. The molecule has 2 rings (SSSR count). The Morgan fingerprint density at radius 1 is 0.870 bits per heavy atom. The Kier molecular flexibility index (Phi) is 4.70. The first-order chi connectivity index (χ1) is 10.9. The summed E-state index contributed by atoms with van der Waals surface area (Å²) in [4.78, 5) is 22.8. The molecule has 0 radical (unpaired) electrons. The second kappa shape index (κ2) is 6.69. The Hall–Kier alpha value is -3.22. The molecular formula is C16H15N3O4. The maximum Gasteiger partial charge on any atom is 0.369 e. The summed E-state index contributed by atoms with van der Waals surface area (Å²) in [7, 11) is 3.21. The summed E-state index contributed by atoms with van der Waals surface area (Å²) in [5, 5.41) is 22.7. The van der Waals surface area contributed by atoms with Gasteiger partial charge in [0.05, 0.1) is 15.4 Å². The lowest BCUT2D eigenvalue weighted by Gasteiger charge is -2.13. The molecule has 0 aromatic heterocycles. The molecule has 2 aromatic carbocycles. The van der Waals surface area contributed by atoms with E-state index in [9.17, 15) is 20.2 Å². The van der Waals surface area contributed by atoms with E-state index in [1.54, 1.807) is 20.2 Å². The minimum absolute atomic E-state index is 0.191. The van der Waals surface area contributed by atoms with E-state index in [-0.39, 0.29) is 11.3 Å². The summed E-state index contributed by atoms with van der Waals surface area (Å²) in [6.45, 7) is 0. The zero-order valence-corrected chi connectivity index (χ0v) is 12.7. The van der Waals surface area contributed by atoms with Crippen molar-refractivity contribution in [3.63, 3.8) is 0 Å². The smallest absolute Gasteiger partial charge is 0.369 e. The van der Waals surface area contributed by atoms with Gasteiger partial charge in [-0.2, -0.15) is 0 Å². The van der Waals surface area contributed by atoms with Crippen molar-refractivity contribution in [1.82, 2.24) is 0 Å². The van der Waals surface area contributed by atoms with Crippen LogP contribution in [0, 0.1) is 20.2 Å². The van der Waals surface area contributed by atoms with Crippen molar-refractivity contribution in [1.29, 1.82) is 0 Å². The van der Waals surface area contributed by atoms with Crippen LogP contribution in [0.25, 0.3) is 12.2 Å². The van der Waals surface area contributed by atoms with Gasteiger partial charge in [0.2, 0.25) is 0 Å². The molecule has 0 aliphatic carbocycles. The van der Waals surface area contributed by atoms with Gasteiger partial charge in [0.15, 0.2) is 0 Å². The van der Waals surface area contributed by atoms with Gasteiger partial charge in [-0.1, -0.05) is 36.4 Å². The highest BCUT2D eigenvalue weighted by Gasteiger charge is 2.32. The van der Waals surface area contributed by atoms with Gasteiger partial charge in [-0.3, -0.25) is 20.2 Å². The molecule has 0 heterocycles. The van der Waals surface area contributed by atoms with E-state index in [1.807, 2.05) is 30.3 Å². The van der Waals surface area contributed by atoms with Gasteiger partial charge < -0.3 is 4.90 Å². The third-order valence-corrected chi connectivity index (χ3v) is 3.26. The summed E-state index contributed by atoms with van der Waals surface area (Å²) in [5.74, 6) is 0. The first kappa shape index (κ1) is 16.2. The van der Waals surface area contributed by atoms with Crippen LogP contribution in [-0.2, 0) is 0 Å². The third kappa shape index (κ3) is 3.52. The van der Waals surface area contributed by atoms with Crippen molar-refractivity contribution >= 4 is 29.2 Å². The van der Waals surface area contributed by atoms with Gasteiger partial charge in [0, 0.05) is 14.1 Å². The van der Waals surface area contributed by atoms with Crippen LogP contribution in [0.5, 0.6) is 0 Å². The largest absolute Gasteiger partial charge is 0.372 e. The van der Waals surface area contributed by atoms with Gasteiger partial charge in [-0.15, -0.1) is 0 Å². The van der Waals surface area contributed by atoms with Crippen LogP contribution in [0.3, 0.4) is 0 Å². The van der Waals surface area contributed by atoms with Crippen LogP contribution in [0.1, 0.15) is 11.1 Å². The van der Waals surface area contributed by atoms with Crippen LogP contribution in [-0.4, -0.2) is 23.9 Å². The standard InChI is InChI=1S/C16H15N3O4/c1-17(2)14-11-10-13(9-8-12-6-4-3-5-7-12)15(18(20)21)16(14)19(22)23/h3-11H,1-2H3. The monoisotopic (exact) mass is 313 g/mol. The number of nitrogens with zero attached hydrogens (tertiary/aromatic N) is 3. The molecule has 0 spiro atoms. The van der Waals surface area contributed by atoms with E-state index in [4.69, 9.17) is 0 Å². The molecule has 7 heteroatoms. The van der Waals surface area contributed by atoms with Crippen molar-refractivity contribution in [3.05, 3.63) is 73.8 Å². The van der Waals surface area contributed by atoms with E-state index >= 15 is 0 Å². The quantitative estimate of drug-likeness (QED) is 0.476. The summed E-state index contributed by atoms with van der Waals surface area (Å²) < 4.78 is 0. The van der Waals surface area contributed by atoms with Crippen LogP contribution in [0.4, 0.5) is 17.1 Å². The second-order valence-electron chi connectivity index (χ2n) is 5.02. The van der Waals surface area contributed by atoms with Crippen molar-refractivity contribution in [2.24, 2.45) is 0 Å². The van der Waals surface area contributed by atoms with Crippen molar-refractivity contribution in [2.75, 3.05) is 19.0 Å². The lowest BCUT2D eigenvalue weighted by molar-refractivity contribution is -0.422. The molecule has 0 aliphatic heterocycles. The highest BCUT2D eigenvalue weighted by Crippen LogP contribution is 2.39. The van der Waals surface area contributed by atoms with Crippen molar-refractivity contribution in [3.8, 4) is 0 Å². The Morgan fingerprint density at radius 2 is 1.48 bits per heavy atom. The molecule has 0 aliphatic rings. The minimum Gasteiger partial charge on any atom is -0.372 e. The van der Waals surface area contributed by atoms with Gasteiger partial charge in [0.1, 0.15) is 5.69 Å². The molecule has 0 fully saturated rings. The molecule has 7 nitrogen and oxygen atoms in total. The highest BCUT2D eigenvalue weighted by atomic mass is 16.6. The normalized spacial score (nSPS) is 10.7. The first-order valence-electron chi connectivity index (χ1n) is 6.78. The van der Waals surface area contributed by atoms with Gasteiger partial charge in [0.25, 0.3) is 0 Å². The van der Waals surface area contributed by atoms with E-state index in [0.717, 1.165) is 5.56 Å².